The maximum atomic E-state index is 12.6. The van der Waals surface area contributed by atoms with E-state index in [9.17, 15) is 9.59 Å². The molecular weight excluding hydrogens is 314 g/mol. The first-order valence-corrected chi connectivity index (χ1v) is 9.20. The van der Waals surface area contributed by atoms with E-state index in [4.69, 9.17) is 0 Å². The fraction of sp³-hybridized carbons (Fsp3) is 0.600. The Morgan fingerprint density at radius 1 is 1.20 bits per heavy atom. The molecule has 1 fully saturated rings. The topological polar surface area (TPSA) is 61.4 Å². The molecule has 0 saturated carbocycles. The van der Waals surface area contributed by atoms with Crippen LogP contribution in [-0.2, 0) is 9.59 Å². The van der Waals surface area contributed by atoms with Crippen LogP contribution in [0.3, 0.4) is 0 Å². The number of benzene rings is 1. The van der Waals surface area contributed by atoms with Gasteiger partial charge < -0.3 is 10.6 Å². The summed E-state index contributed by atoms with van der Waals surface area (Å²) < 4.78 is 0. The first-order valence-electron chi connectivity index (χ1n) is 9.20. The van der Waals surface area contributed by atoms with E-state index in [0.29, 0.717) is 0 Å². The standard InChI is InChI=1S/C17H26N2O.C3H7NO/c1-4-11-19-12-6-5-10-15(19)17(20)18-16-13(2)8-7-9-14(16)3;1-3(5)4-2/h7-9,15H,4-6,10-12H2,1-3H3,(H,18,20);1-2H3,(H,4,5). The highest BCUT2D eigenvalue weighted by atomic mass is 16.2. The Kier molecular flexibility index (Phi) is 9.21. The van der Waals surface area contributed by atoms with Gasteiger partial charge in [-0.15, -0.1) is 0 Å². The lowest BCUT2D eigenvalue weighted by Gasteiger charge is -2.34. The maximum absolute atomic E-state index is 12.6. The summed E-state index contributed by atoms with van der Waals surface area (Å²) in [5.41, 5.74) is 3.26. The largest absolute Gasteiger partial charge is 0.359 e. The van der Waals surface area contributed by atoms with Gasteiger partial charge in [-0.05, 0) is 57.3 Å². The molecule has 1 aliphatic heterocycles. The molecule has 5 heteroatoms. The predicted molar refractivity (Wildman–Crippen MR) is 104 cm³/mol. The molecule has 0 radical (unpaired) electrons. The Morgan fingerprint density at radius 3 is 2.32 bits per heavy atom. The highest BCUT2D eigenvalue weighted by Crippen LogP contribution is 2.23. The smallest absolute Gasteiger partial charge is 0.241 e. The molecule has 1 aromatic rings. The fourth-order valence-corrected chi connectivity index (χ4v) is 3.06. The van der Waals surface area contributed by atoms with Crippen molar-refractivity contribution >= 4 is 17.5 Å². The summed E-state index contributed by atoms with van der Waals surface area (Å²) in [6.45, 7) is 9.82. The van der Waals surface area contributed by atoms with Crippen molar-refractivity contribution < 1.29 is 9.59 Å². The van der Waals surface area contributed by atoms with Gasteiger partial charge >= 0.3 is 0 Å². The number of amides is 2. The van der Waals surface area contributed by atoms with Gasteiger partial charge in [-0.1, -0.05) is 31.5 Å². The van der Waals surface area contributed by atoms with Crippen molar-refractivity contribution in [3.05, 3.63) is 29.3 Å². The summed E-state index contributed by atoms with van der Waals surface area (Å²) in [5, 5.41) is 5.54. The number of likely N-dealkylation sites (tertiary alicyclic amines) is 1. The van der Waals surface area contributed by atoms with E-state index >= 15 is 0 Å². The summed E-state index contributed by atoms with van der Waals surface area (Å²) in [5.74, 6) is 0.167. The van der Waals surface area contributed by atoms with Crippen molar-refractivity contribution in [3.63, 3.8) is 0 Å². The molecule has 2 amide bonds. The average Bonchev–Trinajstić information content (AvgIpc) is 2.59. The van der Waals surface area contributed by atoms with Gasteiger partial charge in [0.15, 0.2) is 0 Å². The number of nitrogens with one attached hydrogen (secondary N) is 2. The number of carbonyl (C=O) groups excluding carboxylic acids is 2. The Balaban J connectivity index is 0.000000550. The van der Waals surface area contributed by atoms with E-state index in [1.54, 1.807) is 7.05 Å². The zero-order valence-corrected chi connectivity index (χ0v) is 16.3. The van der Waals surface area contributed by atoms with Gasteiger partial charge in [-0.3, -0.25) is 14.5 Å². The number of aryl methyl sites for hydroxylation is 2. The van der Waals surface area contributed by atoms with Crippen LogP contribution in [0.15, 0.2) is 18.2 Å². The lowest BCUT2D eigenvalue weighted by Crippen LogP contribution is -2.47. The normalized spacial score (nSPS) is 17.2. The molecule has 2 rings (SSSR count). The molecule has 1 aliphatic rings. The molecule has 1 saturated heterocycles. The van der Waals surface area contributed by atoms with Crippen LogP contribution >= 0.6 is 0 Å². The Bertz CT molecular complexity index is 550. The van der Waals surface area contributed by atoms with E-state index < -0.39 is 0 Å². The summed E-state index contributed by atoms with van der Waals surface area (Å²) >= 11 is 0. The Morgan fingerprint density at radius 2 is 1.80 bits per heavy atom. The minimum Gasteiger partial charge on any atom is -0.359 e. The number of anilines is 1. The third-order valence-electron chi connectivity index (χ3n) is 4.51. The van der Waals surface area contributed by atoms with Crippen molar-refractivity contribution in [2.24, 2.45) is 0 Å². The highest BCUT2D eigenvalue weighted by Gasteiger charge is 2.28. The zero-order chi connectivity index (χ0) is 18.8. The fourth-order valence-electron chi connectivity index (χ4n) is 3.06. The molecule has 2 N–H and O–H groups in total. The first-order chi connectivity index (χ1) is 11.9. The van der Waals surface area contributed by atoms with Crippen LogP contribution in [0, 0.1) is 13.8 Å². The number of para-hydroxylation sites is 1. The third kappa shape index (κ3) is 6.86. The molecule has 25 heavy (non-hydrogen) atoms. The summed E-state index contributed by atoms with van der Waals surface area (Å²) in [6, 6.07) is 6.17. The van der Waals surface area contributed by atoms with Crippen molar-refractivity contribution in [3.8, 4) is 0 Å². The second kappa shape index (κ2) is 10.9. The lowest BCUT2D eigenvalue weighted by molar-refractivity contribution is -0.122. The molecule has 140 valence electrons. The molecule has 1 atom stereocenters. The minimum absolute atomic E-state index is 0.00463. The van der Waals surface area contributed by atoms with Crippen molar-refractivity contribution in [1.29, 1.82) is 0 Å². The van der Waals surface area contributed by atoms with E-state index in [2.05, 4.69) is 22.5 Å². The SMILES string of the molecule is CCCN1CCCCC1C(=O)Nc1c(C)cccc1C.CNC(C)=O. The number of carbonyl (C=O) groups is 2. The van der Waals surface area contributed by atoms with E-state index in [-0.39, 0.29) is 17.9 Å². The summed E-state index contributed by atoms with van der Waals surface area (Å²) in [7, 11) is 1.60. The van der Waals surface area contributed by atoms with Crippen LogP contribution in [0.1, 0.15) is 50.7 Å². The molecule has 1 aromatic carbocycles. The second-order valence-electron chi connectivity index (χ2n) is 6.61. The van der Waals surface area contributed by atoms with Crippen molar-refractivity contribution in [1.82, 2.24) is 10.2 Å². The van der Waals surface area contributed by atoms with Gasteiger partial charge in [0.05, 0.1) is 6.04 Å². The number of hydrogen-bond acceptors (Lipinski definition) is 3. The van der Waals surface area contributed by atoms with Crippen molar-refractivity contribution in [2.75, 3.05) is 25.5 Å². The molecular formula is C20H33N3O2. The molecule has 5 nitrogen and oxygen atoms in total. The van der Waals surface area contributed by atoms with Gasteiger partial charge in [0.25, 0.3) is 0 Å². The van der Waals surface area contributed by atoms with Crippen LogP contribution in [0.2, 0.25) is 0 Å². The van der Waals surface area contributed by atoms with Gasteiger partial charge in [-0.25, -0.2) is 0 Å². The lowest BCUT2D eigenvalue weighted by atomic mass is 10.0. The molecule has 0 aliphatic carbocycles. The van der Waals surface area contributed by atoms with E-state index in [1.165, 1.54) is 13.3 Å². The Labute approximate surface area is 152 Å². The predicted octanol–water partition coefficient (Wildman–Crippen LogP) is 3.26. The summed E-state index contributed by atoms with van der Waals surface area (Å²) in [6.07, 6.45) is 4.46. The van der Waals surface area contributed by atoms with Gasteiger partial charge in [-0.2, -0.15) is 0 Å². The zero-order valence-electron chi connectivity index (χ0n) is 16.3. The molecule has 1 heterocycles. The number of hydrogen-bond donors (Lipinski definition) is 2. The molecule has 0 spiro atoms. The van der Waals surface area contributed by atoms with Crippen LogP contribution in [0.4, 0.5) is 5.69 Å². The molecule has 1 unspecified atom stereocenters. The Hall–Kier alpha value is -1.88. The summed E-state index contributed by atoms with van der Waals surface area (Å²) in [4.78, 5) is 24.6. The second-order valence-corrected chi connectivity index (χ2v) is 6.61. The quantitative estimate of drug-likeness (QED) is 0.879. The number of nitrogens with zero attached hydrogens (tertiary/aromatic N) is 1. The van der Waals surface area contributed by atoms with E-state index in [1.807, 2.05) is 32.0 Å². The van der Waals surface area contributed by atoms with Gasteiger partial charge in [0, 0.05) is 19.7 Å². The molecule has 0 aromatic heterocycles. The highest BCUT2D eigenvalue weighted by molar-refractivity contribution is 5.96. The third-order valence-corrected chi connectivity index (χ3v) is 4.51. The van der Waals surface area contributed by atoms with Crippen molar-refractivity contribution in [2.45, 2.75) is 59.4 Å². The van der Waals surface area contributed by atoms with E-state index in [0.717, 1.165) is 49.2 Å². The van der Waals surface area contributed by atoms with Gasteiger partial charge in [0.2, 0.25) is 11.8 Å². The van der Waals surface area contributed by atoms with Crippen LogP contribution < -0.4 is 10.6 Å². The van der Waals surface area contributed by atoms with Gasteiger partial charge in [0.1, 0.15) is 0 Å². The number of piperidine rings is 1. The van der Waals surface area contributed by atoms with Crippen LogP contribution in [-0.4, -0.2) is 42.9 Å². The maximum Gasteiger partial charge on any atom is 0.241 e. The number of rotatable bonds is 4. The van der Waals surface area contributed by atoms with Crippen LogP contribution in [0.25, 0.3) is 0 Å². The molecule has 0 bridgehead atoms. The average molecular weight is 348 g/mol. The monoisotopic (exact) mass is 347 g/mol. The van der Waals surface area contributed by atoms with Crippen LogP contribution in [0.5, 0.6) is 0 Å². The minimum atomic E-state index is 0.00463. The first kappa shape index (κ1) is 21.2.